The number of carbonyl (C=O) groups is 1. The van der Waals surface area contributed by atoms with Crippen molar-refractivity contribution in [3.63, 3.8) is 0 Å². The number of hydrogen-bond acceptors (Lipinski definition) is 5. The molecular weight excluding hydrogens is 382 g/mol. The molecule has 0 bridgehead atoms. The van der Waals surface area contributed by atoms with Crippen LogP contribution in [0.25, 0.3) is 11.3 Å². The third-order valence-corrected chi connectivity index (χ3v) is 5.66. The lowest BCUT2D eigenvalue weighted by Crippen LogP contribution is -2.42. The minimum atomic E-state index is -0.736. The van der Waals surface area contributed by atoms with E-state index in [2.05, 4.69) is 5.10 Å². The molecule has 152 valence electrons. The number of anilines is 1. The fraction of sp³-hybridized carbons (Fsp3) is 0.261. The minimum Gasteiger partial charge on any atom is -0.454 e. The molecule has 2 aliphatic heterocycles. The van der Waals surface area contributed by atoms with Gasteiger partial charge in [0.15, 0.2) is 11.5 Å². The molecule has 2 atom stereocenters. The first-order valence-electron chi connectivity index (χ1n) is 9.94. The Morgan fingerprint density at radius 2 is 1.90 bits per heavy atom. The molecule has 0 aliphatic carbocycles. The molecule has 3 aromatic rings. The fourth-order valence-electron chi connectivity index (χ4n) is 4.12. The molecule has 7 nitrogen and oxygen atoms in total. The van der Waals surface area contributed by atoms with Crippen LogP contribution in [0, 0.1) is 0 Å². The Morgan fingerprint density at radius 3 is 2.77 bits per heavy atom. The highest BCUT2D eigenvalue weighted by Gasteiger charge is 2.34. The SMILES string of the molecule is CC1Cc2ccccc2N1C(=O)C(C)n1nc(-c2ccc3c(c2)OCO3)ccc1=O. The van der Waals surface area contributed by atoms with Crippen LogP contribution in [0.15, 0.2) is 59.4 Å². The quantitative estimate of drug-likeness (QED) is 0.672. The number of amides is 1. The number of benzene rings is 2. The predicted octanol–water partition coefficient (Wildman–Crippen LogP) is 3.18. The Balaban J connectivity index is 1.49. The summed E-state index contributed by atoms with van der Waals surface area (Å²) in [5.74, 6) is 1.17. The molecule has 1 aromatic heterocycles. The summed E-state index contributed by atoms with van der Waals surface area (Å²) in [5, 5.41) is 4.50. The van der Waals surface area contributed by atoms with Gasteiger partial charge in [-0.1, -0.05) is 18.2 Å². The molecule has 0 fully saturated rings. The Hall–Kier alpha value is -3.61. The summed E-state index contributed by atoms with van der Waals surface area (Å²) in [7, 11) is 0. The first-order chi connectivity index (χ1) is 14.5. The maximum absolute atomic E-state index is 13.4. The first kappa shape index (κ1) is 18.4. The number of ether oxygens (including phenoxy) is 2. The van der Waals surface area contributed by atoms with Crippen molar-refractivity contribution >= 4 is 11.6 Å². The highest BCUT2D eigenvalue weighted by molar-refractivity contribution is 5.98. The first-order valence-corrected chi connectivity index (χ1v) is 9.94. The standard InChI is InChI=1S/C23H21N3O4/c1-14-11-17-5-3-4-6-19(17)25(14)23(28)15(2)26-22(27)10-8-18(24-26)16-7-9-20-21(12-16)30-13-29-20/h3-10,12,14-15H,11,13H2,1-2H3. The van der Waals surface area contributed by atoms with Gasteiger partial charge in [0.2, 0.25) is 6.79 Å². The molecule has 5 rings (SSSR count). The van der Waals surface area contributed by atoms with Gasteiger partial charge in [0, 0.05) is 23.4 Å². The van der Waals surface area contributed by atoms with Gasteiger partial charge in [0.05, 0.1) is 5.69 Å². The van der Waals surface area contributed by atoms with Gasteiger partial charge in [0.1, 0.15) is 6.04 Å². The van der Waals surface area contributed by atoms with E-state index in [1.54, 1.807) is 17.9 Å². The van der Waals surface area contributed by atoms with Gasteiger partial charge in [-0.15, -0.1) is 0 Å². The summed E-state index contributed by atoms with van der Waals surface area (Å²) in [5.41, 5.74) is 3.09. The number of aromatic nitrogens is 2. The van der Waals surface area contributed by atoms with Crippen molar-refractivity contribution in [2.45, 2.75) is 32.4 Å². The summed E-state index contributed by atoms with van der Waals surface area (Å²) in [4.78, 5) is 27.7. The molecule has 3 heterocycles. The second-order valence-electron chi connectivity index (χ2n) is 7.64. The molecule has 0 spiro atoms. The molecule has 7 heteroatoms. The van der Waals surface area contributed by atoms with Gasteiger partial charge in [-0.2, -0.15) is 5.10 Å². The number of nitrogens with zero attached hydrogens (tertiary/aromatic N) is 3. The zero-order valence-corrected chi connectivity index (χ0v) is 16.7. The lowest BCUT2D eigenvalue weighted by atomic mass is 10.1. The molecule has 0 saturated heterocycles. The summed E-state index contributed by atoms with van der Waals surface area (Å²) >= 11 is 0. The van der Waals surface area contributed by atoms with Crippen molar-refractivity contribution in [2.75, 3.05) is 11.7 Å². The zero-order chi connectivity index (χ0) is 20.8. The van der Waals surface area contributed by atoms with Crippen LogP contribution in [0.1, 0.15) is 25.5 Å². The smallest absolute Gasteiger partial charge is 0.267 e. The monoisotopic (exact) mass is 403 g/mol. The van der Waals surface area contributed by atoms with Crippen molar-refractivity contribution in [1.82, 2.24) is 9.78 Å². The van der Waals surface area contributed by atoms with Crippen molar-refractivity contribution in [3.8, 4) is 22.8 Å². The van der Waals surface area contributed by atoms with Gasteiger partial charge >= 0.3 is 0 Å². The summed E-state index contributed by atoms with van der Waals surface area (Å²) in [6, 6.07) is 15.8. The third kappa shape index (κ3) is 2.94. The average Bonchev–Trinajstić information content (AvgIpc) is 3.35. The molecule has 2 unspecified atom stereocenters. The summed E-state index contributed by atoms with van der Waals surface area (Å²) in [6.45, 7) is 3.92. The molecule has 2 aliphatic rings. The highest BCUT2D eigenvalue weighted by atomic mass is 16.7. The Bertz CT molecular complexity index is 1200. The number of fused-ring (bicyclic) bond motifs is 2. The fourth-order valence-corrected chi connectivity index (χ4v) is 4.12. The molecule has 30 heavy (non-hydrogen) atoms. The molecular formula is C23H21N3O4. The van der Waals surface area contributed by atoms with Crippen LogP contribution < -0.4 is 19.9 Å². The number of carbonyl (C=O) groups excluding carboxylic acids is 1. The summed E-state index contributed by atoms with van der Waals surface area (Å²) < 4.78 is 12.0. The molecule has 0 N–H and O–H groups in total. The third-order valence-electron chi connectivity index (χ3n) is 5.66. The molecule has 0 radical (unpaired) electrons. The maximum atomic E-state index is 13.4. The van der Waals surface area contributed by atoms with E-state index in [1.165, 1.54) is 10.7 Å². The van der Waals surface area contributed by atoms with E-state index in [-0.39, 0.29) is 24.3 Å². The van der Waals surface area contributed by atoms with Crippen molar-refractivity contribution in [3.05, 3.63) is 70.5 Å². The zero-order valence-electron chi connectivity index (χ0n) is 16.7. The van der Waals surface area contributed by atoms with Crippen LogP contribution in [0.3, 0.4) is 0 Å². The van der Waals surface area contributed by atoms with E-state index < -0.39 is 6.04 Å². The molecule has 0 saturated carbocycles. The number of hydrogen-bond donors (Lipinski definition) is 0. The van der Waals surface area contributed by atoms with Crippen LogP contribution in [-0.4, -0.2) is 28.5 Å². The normalized spacial score (nSPS) is 17.7. The minimum absolute atomic E-state index is 0.0325. The van der Waals surface area contributed by atoms with E-state index in [0.29, 0.717) is 17.2 Å². The second-order valence-corrected chi connectivity index (χ2v) is 7.64. The Labute approximate surface area is 173 Å². The Kier molecular flexibility index (Phi) is 4.31. The largest absolute Gasteiger partial charge is 0.454 e. The highest BCUT2D eigenvalue weighted by Crippen LogP contribution is 2.36. The van der Waals surface area contributed by atoms with E-state index in [9.17, 15) is 9.59 Å². The topological polar surface area (TPSA) is 73.7 Å². The lowest BCUT2D eigenvalue weighted by molar-refractivity contribution is -0.121. The van der Waals surface area contributed by atoms with Crippen molar-refractivity contribution < 1.29 is 14.3 Å². The van der Waals surface area contributed by atoms with Gasteiger partial charge < -0.3 is 14.4 Å². The van der Waals surface area contributed by atoms with Crippen LogP contribution >= 0.6 is 0 Å². The van der Waals surface area contributed by atoms with Crippen molar-refractivity contribution in [1.29, 1.82) is 0 Å². The van der Waals surface area contributed by atoms with Crippen LogP contribution in [0.5, 0.6) is 11.5 Å². The average molecular weight is 403 g/mol. The Morgan fingerprint density at radius 1 is 1.10 bits per heavy atom. The maximum Gasteiger partial charge on any atom is 0.267 e. The van der Waals surface area contributed by atoms with Crippen molar-refractivity contribution in [2.24, 2.45) is 0 Å². The van der Waals surface area contributed by atoms with Gasteiger partial charge in [-0.25, -0.2) is 4.68 Å². The van der Waals surface area contributed by atoms with E-state index in [1.807, 2.05) is 49.4 Å². The second kappa shape index (κ2) is 7.02. The predicted molar refractivity (Wildman–Crippen MR) is 112 cm³/mol. The number of para-hydroxylation sites is 1. The number of rotatable bonds is 3. The van der Waals surface area contributed by atoms with E-state index in [0.717, 1.165) is 23.2 Å². The van der Waals surface area contributed by atoms with E-state index in [4.69, 9.17) is 9.47 Å². The van der Waals surface area contributed by atoms with Crippen LogP contribution in [0.4, 0.5) is 5.69 Å². The van der Waals surface area contributed by atoms with Crippen LogP contribution in [-0.2, 0) is 11.2 Å². The van der Waals surface area contributed by atoms with Crippen LogP contribution in [0.2, 0.25) is 0 Å². The lowest BCUT2D eigenvalue weighted by Gasteiger charge is -2.26. The van der Waals surface area contributed by atoms with E-state index >= 15 is 0 Å². The molecule has 1 amide bonds. The molecule has 2 aromatic carbocycles. The van der Waals surface area contributed by atoms with Gasteiger partial charge in [0.25, 0.3) is 11.5 Å². The summed E-state index contributed by atoms with van der Waals surface area (Å²) in [6.07, 6.45) is 0.800. The van der Waals surface area contributed by atoms with Gasteiger partial charge in [-0.3, -0.25) is 9.59 Å². The van der Waals surface area contributed by atoms with Gasteiger partial charge in [-0.05, 0) is 56.2 Å².